The molecule has 0 unspecified atom stereocenters. The van der Waals surface area contributed by atoms with Gasteiger partial charge in [-0.05, 0) is 53.2 Å². The van der Waals surface area contributed by atoms with Crippen LogP contribution in [0.1, 0.15) is 11.4 Å². The second-order valence-corrected chi connectivity index (χ2v) is 5.19. The molecule has 3 nitrogen and oxygen atoms in total. The van der Waals surface area contributed by atoms with Gasteiger partial charge in [-0.15, -0.1) is 0 Å². The third-order valence-corrected chi connectivity index (χ3v) is 3.36. The monoisotopic (exact) mass is 326 g/mol. The third-order valence-electron chi connectivity index (χ3n) is 2.47. The van der Waals surface area contributed by atoms with E-state index in [9.17, 15) is 5.11 Å². The molecule has 1 aromatic heterocycles. The summed E-state index contributed by atoms with van der Waals surface area (Å²) < 4.78 is 0.877. The lowest BCUT2D eigenvalue weighted by molar-refractivity contribution is 0.464. The van der Waals surface area contributed by atoms with E-state index in [4.69, 9.17) is 11.6 Å². The number of nitrogens with one attached hydrogen (secondary N) is 1. The summed E-state index contributed by atoms with van der Waals surface area (Å²) in [7, 11) is 0. The highest BCUT2D eigenvalue weighted by molar-refractivity contribution is 9.10. The lowest BCUT2D eigenvalue weighted by Crippen LogP contribution is -2.03. The molecule has 0 aliphatic rings. The second-order valence-electron chi connectivity index (χ2n) is 3.90. The van der Waals surface area contributed by atoms with Crippen molar-refractivity contribution in [2.45, 2.75) is 13.5 Å². The number of nitrogens with zero attached hydrogens (tertiary/aromatic N) is 1. The van der Waals surface area contributed by atoms with Crippen LogP contribution in [0.5, 0.6) is 5.75 Å². The molecule has 0 fully saturated rings. The molecule has 18 heavy (non-hydrogen) atoms. The van der Waals surface area contributed by atoms with Gasteiger partial charge in [0.25, 0.3) is 0 Å². The van der Waals surface area contributed by atoms with E-state index >= 15 is 0 Å². The van der Waals surface area contributed by atoms with Crippen molar-refractivity contribution in [3.8, 4) is 5.75 Å². The Morgan fingerprint density at radius 2 is 2.11 bits per heavy atom. The predicted molar refractivity (Wildman–Crippen MR) is 77.1 cm³/mol. The van der Waals surface area contributed by atoms with E-state index in [-0.39, 0.29) is 5.75 Å². The zero-order chi connectivity index (χ0) is 13.1. The summed E-state index contributed by atoms with van der Waals surface area (Å²) in [6.07, 6.45) is 0. The van der Waals surface area contributed by atoms with Crippen LogP contribution < -0.4 is 5.32 Å². The highest BCUT2D eigenvalue weighted by Crippen LogP contribution is 2.26. The van der Waals surface area contributed by atoms with Crippen LogP contribution in [0.25, 0.3) is 0 Å². The van der Waals surface area contributed by atoms with Gasteiger partial charge in [-0.2, -0.15) is 0 Å². The Morgan fingerprint density at radius 1 is 1.33 bits per heavy atom. The number of anilines is 1. The fourth-order valence-corrected chi connectivity index (χ4v) is 2.37. The molecule has 0 aliphatic carbocycles. The molecule has 94 valence electrons. The van der Waals surface area contributed by atoms with E-state index in [1.54, 1.807) is 18.2 Å². The average molecular weight is 328 g/mol. The van der Waals surface area contributed by atoms with Gasteiger partial charge < -0.3 is 10.4 Å². The van der Waals surface area contributed by atoms with Gasteiger partial charge >= 0.3 is 0 Å². The third kappa shape index (κ3) is 3.15. The van der Waals surface area contributed by atoms with Crippen molar-refractivity contribution in [1.82, 2.24) is 4.98 Å². The summed E-state index contributed by atoms with van der Waals surface area (Å²) in [5.74, 6) is 0.193. The van der Waals surface area contributed by atoms with Gasteiger partial charge in [0.1, 0.15) is 11.4 Å². The normalized spacial score (nSPS) is 10.4. The molecule has 0 amide bonds. The van der Waals surface area contributed by atoms with E-state index in [1.807, 2.05) is 19.1 Å². The van der Waals surface area contributed by atoms with Crippen molar-refractivity contribution in [1.29, 1.82) is 0 Å². The number of aromatic nitrogens is 1. The van der Waals surface area contributed by atoms with Crippen molar-refractivity contribution in [3.63, 3.8) is 0 Å². The summed E-state index contributed by atoms with van der Waals surface area (Å²) in [4.78, 5) is 4.28. The largest absolute Gasteiger partial charge is 0.506 e. The molecular weight excluding hydrogens is 316 g/mol. The molecule has 2 rings (SSSR count). The van der Waals surface area contributed by atoms with Crippen LogP contribution in [0.3, 0.4) is 0 Å². The number of rotatable bonds is 3. The van der Waals surface area contributed by atoms with Gasteiger partial charge in [0, 0.05) is 20.9 Å². The highest BCUT2D eigenvalue weighted by Gasteiger charge is 2.05. The molecule has 0 atom stereocenters. The first-order valence-corrected chi connectivity index (χ1v) is 6.58. The van der Waals surface area contributed by atoms with Crippen molar-refractivity contribution in [2.75, 3.05) is 5.32 Å². The Hall–Kier alpha value is -1.26. The Balaban J connectivity index is 2.13. The fourth-order valence-electron chi connectivity index (χ4n) is 1.55. The first-order valence-electron chi connectivity index (χ1n) is 5.40. The minimum atomic E-state index is 0.193. The van der Waals surface area contributed by atoms with Crippen LogP contribution in [0, 0.1) is 6.92 Å². The molecule has 1 aromatic carbocycles. The standard InChI is InChI=1S/C13H12BrClN2O/c1-8-2-5-13(18)12(17-8)7-16-11-4-3-9(15)6-10(11)14/h2-6,16,18H,7H2,1H3. The minimum absolute atomic E-state index is 0.193. The number of benzene rings is 1. The van der Waals surface area contributed by atoms with Crippen LogP contribution in [-0.4, -0.2) is 10.1 Å². The van der Waals surface area contributed by atoms with Gasteiger partial charge in [0.15, 0.2) is 0 Å². The van der Waals surface area contributed by atoms with Crippen LogP contribution in [0.2, 0.25) is 5.02 Å². The topological polar surface area (TPSA) is 45.1 Å². The molecule has 0 saturated carbocycles. The average Bonchev–Trinajstić information content (AvgIpc) is 2.32. The number of aryl methyl sites for hydroxylation is 1. The molecule has 0 saturated heterocycles. The van der Waals surface area contributed by atoms with E-state index in [2.05, 4.69) is 26.2 Å². The smallest absolute Gasteiger partial charge is 0.138 e. The summed E-state index contributed by atoms with van der Waals surface area (Å²) in [5, 5.41) is 13.6. The molecular formula is C13H12BrClN2O. The molecule has 2 aromatic rings. The zero-order valence-corrected chi connectivity index (χ0v) is 12.1. The van der Waals surface area contributed by atoms with Crippen molar-refractivity contribution in [3.05, 3.63) is 51.2 Å². The number of aromatic hydroxyl groups is 1. The second kappa shape index (κ2) is 5.59. The number of pyridine rings is 1. The lowest BCUT2D eigenvalue weighted by atomic mass is 10.2. The first kappa shape index (κ1) is 13.2. The van der Waals surface area contributed by atoms with E-state index in [1.165, 1.54) is 0 Å². The molecule has 2 N–H and O–H groups in total. The maximum atomic E-state index is 9.69. The summed E-state index contributed by atoms with van der Waals surface area (Å²) in [6.45, 7) is 2.34. The van der Waals surface area contributed by atoms with E-state index in [0.717, 1.165) is 15.9 Å². The molecule has 0 spiro atoms. The number of hydrogen-bond acceptors (Lipinski definition) is 3. The van der Waals surface area contributed by atoms with E-state index in [0.29, 0.717) is 17.3 Å². The fraction of sp³-hybridized carbons (Fsp3) is 0.154. The maximum Gasteiger partial charge on any atom is 0.138 e. The highest BCUT2D eigenvalue weighted by atomic mass is 79.9. The predicted octanol–water partition coefficient (Wildman–Crippen LogP) is 4.12. The SMILES string of the molecule is Cc1ccc(O)c(CNc2ccc(Cl)cc2Br)n1. The minimum Gasteiger partial charge on any atom is -0.506 e. The Bertz CT molecular complexity index is 575. The molecule has 0 radical (unpaired) electrons. The van der Waals surface area contributed by atoms with Gasteiger partial charge in [0.2, 0.25) is 0 Å². The first-order chi connectivity index (χ1) is 8.56. The number of halogens is 2. The molecule has 0 bridgehead atoms. The quantitative estimate of drug-likeness (QED) is 0.891. The van der Waals surface area contributed by atoms with Gasteiger partial charge in [-0.1, -0.05) is 11.6 Å². The zero-order valence-electron chi connectivity index (χ0n) is 9.74. The van der Waals surface area contributed by atoms with Crippen LogP contribution >= 0.6 is 27.5 Å². The molecule has 0 aliphatic heterocycles. The van der Waals surface area contributed by atoms with Gasteiger partial charge in [-0.25, -0.2) is 0 Å². The van der Waals surface area contributed by atoms with Crippen LogP contribution in [-0.2, 0) is 6.54 Å². The van der Waals surface area contributed by atoms with Crippen molar-refractivity contribution < 1.29 is 5.11 Å². The summed E-state index contributed by atoms with van der Waals surface area (Å²) >= 11 is 9.29. The maximum absolute atomic E-state index is 9.69. The summed E-state index contributed by atoms with van der Waals surface area (Å²) in [5.41, 5.74) is 2.40. The Morgan fingerprint density at radius 3 is 2.83 bits per heavy atom. The van der Waals surface area contributed by atoms with E-state index < -0.39 is 0 Å². The summed E-state index contributed by atoms with van der Waals surface area (Å²) in [6, 6.07) is 8.91. The molecule has 1 heterocycles. The van der Waals surface area contributed by atoms with Crippen LogP contribution in [0.15, 0.2) is 34.8 Å². The lowest BCUT2D eigenvalue weighted by Gasteiger charge is -2.10. The Labute approximate surface area is 119 Å². The van der Waals surface area contributed by atoms with Crippen LogP contribution in [0.4, 0.5) is 5.69 Å². The van der Waals surface area contributed by atoms with Gasteiger partial charge in [-0.3, -0.25) is 4.98 Å². The van der Waals surface area contributed by atoms with Crippen molar-refractivity contribution in [2.24, 2.45) is 0 Å². The number of hydrogen-bond donors (Lipinski definition) is 2. The Kier molecular flexibility index (Phi) is 4.09. The molecule has 5 heteroatoms. The van der Waals surface area contributed by atoms with Gasteiger partial charge in [0.05, 0.1) is 6.54 Å². The van der Waals surface area contributed by atoms with Crippen molar-refractivity contribution >= 4 is 33.2 Å².